The van der Waals surface area contributed by atoms with Crippen molar-refractivity contribution < 1.29 is 8.42 Å². The number of piperidine rings is 2. The summed E-state index contributed by atoms with van der Waals surface area (Å²) in [7, 11) is -1.23. The highest BCUT2D eigenvalue weighted by Crippen LogP contribution is 2.18. The molecule has 26 heavy (non-hydrogen) atoms. The van der Waals surface area contributed by atoms with Crippen molar-refractivity contribution in [3.05, 3.63) is 0 Å². The lowest BCUT2D eigenvalue weighted by atomic mass is 9.98. The third-order valence-corrected chi connectivity index (χ3v) is 6.68. The Morgan fingerprint density at radius 3 is 2.23 bits per heavy atom. The largest absolute Gasteiger partial charge is 0.356 e. The number of sulfonamides is 1. The summed E-state index contributed by atoms with van der Waals surface area (Å²) in [6.45, 7) is 10.1. The Morgan fingerprint density at radius 1 is 1.12 bits per heavy atom. The molecule has 0 aromatic heterocycles. The summed E-state index contributed by atoms with van der Waals surface area (Å²) in [6.07, 6.45) is 5.42. The molecule has 7 nitrogen and oxygen atoms in total. The van der Waals surface area contributed by atoms with Crippen LogP contribution < -0.4 is 10.6 Å². The fourth-order valence-corrected chi connectivity index (χ4v) is 4.72. The maximum Gasteiger partial charge on any atom is 0.211 e. The van der Waals surface area contributed by atoms with Crippen LogP contribution in [-0.4, -0.2) is 82.2 Å². The molecular weight excluding hydrogens is 350 g/mol. The van der Waals surface area contributed by atoms with Gasteiger partial charge in [-0.2, -0.15) is 0 Å². The smallest absolute Gasteiger partial charge is 0.211 e. The Balaban J connectivity index is 1.68. The summed E-state index contributed by atoms with van der Waals surface area (Å²) >= 11 is 0. The predicted octanol–water partition coefficient (Wildman–Crippen LogP) is 0.943. The Bertz CT molecular complexity index is 548. The molecule has 2 aliphatic heterocycles. The molecule has 2 rings (SSSR count). The second-order valence-corrected chi connectivity index (χ2v) is 10.2. The monoisotopic (exact) mass is 387 g/mol. The minimum Gasteiger partial charge on any atom is -0.356 e. The van der Waals surface area contributed by atoms with Gasteiger partial charge in [0.1, 0.15) is 0 Å². The summed E-state index contributed by atoms with van der Waals surface area (Å²) in [5.74, 6) is 2.10. The van der Waals surface area contributed by atoms with Crippen molar-refractivity contribution in [1.82, 2.24) is 19.8 Å². The van der Waals surface area contributed by atoms with E-state index in [1.54, 1.807) is 4.31 Å². The van der Waals surface area contributed by atoms with Crippen LogP contribution in [0.2, 0.25) is 0 Å². The molecule has 0 amide bonds. The van der Waals surface area contributed by atoms with E-state index in [9.17, 15) is 8.42 Å². The van der Waals surface area contributed by atoms with Gasteiger partial charge in [0.2, 0.25) is 10.0 Å². The highest BCUT2D eigenvalue weighted by Gasteiger charge is 2.25. The van der Waals surface area contributed by atoms with E-state index in [0.717, 1.165) is 57.2 Å². The van der Waals surface area contributed by atoms with Crippen molar-refractivity contribution in [2.45, 2.75) is 45.6 Å². The van der Waals surface area contributed by atoms with Crippen LogP contribution in [0.15, 0.2) is 4.99 Å². The summed E-state index contributed by atoms with van der Waals surface area (Å²) in [5, 5.41) is 7.00. The minimum absolute atomic E-state index is 0.483. The average Bonchev–Trinajstić information content (AvgIpc) is 2.59. The predicted molar refractivity (Wildman–Crippen MR) is 108 cm³/mol. The van der Waals surface area contributed by atoms with Crippen LogP contribution in [-0.2, 0) is 10.0 Å². The zero-order chi connectivity index (χ0) is 19.2. The van der Waals surface area contributed by atoms with Crippen molar-refractivity contribution in [2.24, 2.45) is 16.8 Å². The molecule has 0 saturated carbocycles. The second kappa shape index (κ2) is 9.90. The van der Waals surface area contributed by atoms with Gasteiger partial charge in [0.15, 0.2) is 5.96 Å². The third kappa shape index (κ3) is 7.04. The van der Waals surface area contributed by atoms with Crippen molar-refractivity contribution in [3.63, 3.8) is 0 Å². The maximum absolute atomic E-state index is 11.6. The second-order valence-electron chi connectivity index (χ2n) is 8.17. The van der Waals surface area contributed by atoms with Crippen LogP contribution in [0.3, 0.4) is 0 Å². The highest BCUT2D eigenvalue weighted by atomic mass is 32.2. The van der Waals surface area contributed by atoms with E-state index < -0.39 is 10.0 Å². The van der Waals surface area contributed by atoms with Crippen LogP contribution in [0, 0.1) is 11.8 Å². The lowest BCUT2D eigenvalue weighted by molar-refractivity contribution is 0.186. The van der Waals surface area contributed by atoms with Gasteiger partial charge in [0, 0.05) is 52.4 Å². The fourth-order valence-electron chi connectivity index (χ4n) is 3.85. The number of hydrogen-bond donors (Lipinski definition) is 2. The van der Waals surface area contributed by atoms with Crippen molar-refractivity contribution in [2.75, 3.05) is 52.6 Å². The van der Waals surface area contributed by atoms with Gasteiger partial charge in [-0.1, -0.05) is 13.8 Å². The van der Waals surface area contributed by atoms with Crippen LogP contribution in [0.5, 0.6) is 0 Å². The van der Waals surface area contributed by atoms with Gasteiger partial charge in [-0.15, -0.1) is 0 Å². The molecule has 0 spiro atoms. The van der Waals surface area contributed by atoms with Crippen molar-refractivity contribution in [1.29, 1.82) is 0 Å². The summed E-state index contributed by atoms with van der Waals surface area (Å²) < 4.78 is 24.8. The molecule has 2 N–H and O–H groups in total. The molecule has 0 bridgehead atoms. The van der Waals surface area contributed by atoms with Gasteiger partial charge in [0.05, 0.1) is 6.26 Å². The highest BCUT2D eigenvalue weighted by molar-refractivity contribution is 7.88. The summed E-state index contributed by atoms with van der Waals surface area (Å²) in [6, 6.07) is 0.483. The maximum atomic E-state index is 11.6. The first-order valence-corrected chi connectivity index (χ1v) is 11.8. The van der Waals surface area contributed by atoms with Gasteiger partial charge in [0.25, 0.3) is 0 Å². The van der Waals surface area contributed by atoms with E-state index in [0.29, 0.717) is 25.0 Å². The van der Waals surface area contributed by atoms with E-state index in [1.807, 2.05) is 7.05 Å². The van der Waals surface area contributed by atoms with E-state index in [-0.39, 0.29) is 0 Å². The SMILES string of the molecule is CN=C(NCC1CCN(S(C)(=O)=O)CC1)NC1CCN(CC(C)C)CC1. The van der Waals surface area contributed by atoms with Crippen LogP contribution in [0.1, 0.15) is 39.5 Å². The zero-order valence-electron chi connectivity index (χ0n) is 16.9. The van der Waals surface area contributed by atoms with E-state index >= 15 is 0 Å². The Labute approximate surface area is 159 Å². The normalized spacial score (nSPS) is 22.7. The van der Waals surface area contributed by atoms with Gasteiger partial charge in [-0.3, -0.25) is 4.99 Å². The van der Waals surface area contributed by atoms with E-state index in [4.69, 9.17) is 0 Å². The molecule has 0 unspecified atom stereocenters. The number of nitrogens with zero attached hydrogens (tertiary/aromatic N) is 3. The topological polar surface area (TPSA) is 77.0 Å². The fraction of sp³-hybridized carbons (Fsp3) is 0.944. The van der Waals surface area contributed by atoms with Crippen molar-refractivity contribution >= 4 is 16.0 Å². The molecular formula is C18H37N5O2S. The number of guanidine groups is 1. The Morgan fingerprint density at radius 2 is 1.73 bits per heavy atom. The first-order valence-electron chi connectivity index (χ1n) is 9.92. The average molecular weight is 388 g/mol. The lowest BCUT2D eigenvalue weighted by Gasteiger charge is -2.34. The Hall–Kier alpha value is -0.860. The van der Waals surface area contributed by atoms with E-state index in [2.05, 4.69) is 34.4 Å². The van der Waals surface area contributed by atoms with Crippen LogP contribution in [0.25, 0.3) is 0 Å². The van der Waals surface area contributed by atoms with Gasteiger partial charge in [-0.05, 0) is 37.5 Å². The molecule has 0 aromatic rings. The molecule has 0 aromatic carbocycles. The van der Waals surface area contributed by atoms with Crippen LogP contribution >= 0.6 is 0 Å². The number of rotatable bonds is 6. The third-order valence-electron chi connectivity index (χ3n) is 5.38. The number of likely N-dealkylation sites (tertiary alicyclic amines) is 1. The molecule has 0 radical (unpaired) electrons. The summed E-state index contributed by atoms with van der Waals surface area (Å²) in [4.78, 5) is 6.91. The van der Waals surface area contributed by atoms with Gasteiger partial charge in [-0.25, -0.2) is 12.7 Å². The number of hydrogen-bond acceptors (Lipinski definition) is 4. The molecule has 152 valence electrons. The minimum atomic E-state index is -3.04. The number of nitrogens with one attached hydrogen (secondary N) is 2. The summed E-state index contributed by atoms with van der Waals surface area (Å²) in [5.41, 5.74) is 0. The molecule has 2 heterocycles. The lowest BCUT2D eigenvalue weighted by Crippen LogP contribution is -2.50. The van der Waals surface area contributed by atoms with Crippen molar-refractivity contribution in [3.8, 4) is 0 Å². The molecule has 8 heteroatoms. The Kier molecular flexibility index (Phi) is 8.16. The molecule has 2 saturated heterocycles. The first kappa shape index (κ1) is 21.4. The van der Waals surface area contributed by atoms with Gasteiger partial charge >= 0.3 is 0 Å². The standard InChI is InChI=1S/C18H37N5O2S/c1-15(2)14-22-9-7-17(8-10-22)21-18(19-3)20-13-16-5-11-23(12-6-16)26(4,24)25/h15-17H,5-14H2,1-4H3,(H2,19,20,21). The van der Waals surface area contributed by atoms with Gasteiger partial charge < -0.3 is 15.5 Å². The molecule has 0 atom stereocenters. The quantitative estimate of drug-likeness (QED) is 0.524. The number of aliphatic imine (C=N–C) groups is 1. The first-order chi connectivity index (χ1) is 12.3. The van der Waals surface area contributed by atoms with E-state index in [1.165, 1.54) is 12.8 Å². The zero-order valence-corrected chi connectivity index (χ0v) is 17.7. The molecule has 0 aliphatic carbocycles. The molecule has 2 fully saturated rings. The molecule has 2 aliphatic rings. The van der Waals surface area contributed by atoms with Crippen LogP contribution in [0.4, 0.5) is 0 Å².